The minimum atomic E-state index is -0.0855. The molecule has 0 radical (unpaired) electrons. The monoisotopic (exact) mass is 390 g/mol. The fourth-order valence-corrected chi connectivity index (χ4v) is 1.73. The third-order valence-corrected chi connectivity index (χ3v) is 2.95. The molecule has 0 saturated heterocycles. The molecular formula is C14H23IN4O. The SMILES string of the molecule is CCN(CC)C(N)=NCc1ccc(C(=O)NC)cc1.I. The van der Waals surface area contributed by atoms with Gasteiger partial charge in [0.1, 0.15) is 0 Å². The third kappa shape index (κ3) is 5.36. The Morgan fingerprint density at radius 1 is 1.25 bits per heavy atom. The Morgan fingerprint density at radius 3 is 2.25 bits per heavy atom. The zero-order valence-corrected chi connectivity index (χ0v) is 14.5. The number of carbonyl (C=O) groups excluding carboxylic acids is 1. The van der Waals surface area contributed by atoms with Gasteiger partial charge in [-0.05, 0) is 31.5 Å². The van der Waals surface area contributed by atoms with Crippen molar-refractivity contribution in [3.05, 3.63) is 35.4 Å². The maximum atomic E-state index is 11.4. The number of hydrogen-bond acceptors (Lipinski definition) is 2. The lowest BCUT2D eigenvalue weighted by Crippen LogP contribution is -2.37. The maximum absolute atomic E-state index is 11.4. The number of rotatable bonds is 5. The van der Waals surface area contributed by atoms with E-state index in [1.54, 1.807) is 19.2 Å². The minimum Gasteiger partial charge on any atom is -0.370 e. The molecule has 0 aromatic heterocycles. The molecule has 0 fully saturated rings. The fraction of sp³-hybridized carbons (Fsp3) is 0.429. The zero-order chi connectivity index (χ0) is 14.3. The predicted octanol–water partition coefficient (Wildman–Crippen LogP) is 1.82. The highest BCUT2D eigenvalue weighted by molar-refractivity contribution is 14.0. The van der Waals surface area contributed by atoms with E-state index in [2.05, 4.69) is 10.3 Å². The number of amides is 1. The number of carbonyl (C=O) groups is 1. The summed E-state index contributed by atoms with van der Waals surface area (Å²) in [5.41, 5.74) is 7.57. The van der Waals surface area contributed by atoms with E-state index in [-0.39, 0.29) is 29.9 Å². The van der Waals surface area contributed by atoms with Gasteiger partial charge in [-0.25, -0.2) is 4.99 Å². The Hall–Kier alpha value is -1.31. The molecule has 20 heavy (non-hydrogen) atoms. The van der Waals surface area contributed by atoms with Gasteiger partial charge in [-0.15, -0.1) is 24.0 Å². The molecule has 0 spiro atoms. The Bertz CT molecular complexity index is 441. The first-order valence-electron chi connectivity index (χ1n) is 6.48. The second-order valence-corrected chi connectivity index (χ2v) is 4.12. The van der Waals surface area contributed by atoms with Gasteiger partial charge >= 0.3 is 0 Å². The summed E-state index contributed by atoms with van der Waals surface area (Å²) < 4.78 is 0. The highest BCUT2D eigenvalue weighted by Gasteiger charge is 2.03. The van der Waals surface area contributed by atoms with E-state index in [0.29, 0.717) is 18.1 Å². The van der Waals surface area contributed by atoms with Crippen molar-refractivity contribution in [1.29, 1.82) is 0 Å². The van der Waals surface area contributed by atoms with Crippen LogP contribution in [0.5, 0.6) is 0 Å². The summed E-state index contributed by atoms with van der Waals surface area (Å²) in [6, 6.07) is 7.36. The van der Waals surface area contributed by atoms with Crippen LogP contribution in [0.15, 0.2) is 29.3 Å². The molecule has 1 aromatic carbocycles. The number of nitrogens with two attached hydrogens (primary N) is 1. The predicted molar refractivity (Wildman–Crippen MR) is 93.5 cm³/mol. The molecule has 0 bridgehead atoms. The van der Waals surface area contributed by atoms with Crippen LogP contribution in [0, 0.1) is 0 Å². The molecule has 112 valence electrons. The van der Waals surface area contributed by atoms with Crippen LogP contribution in [-0.4, -0.2) is 36.9 Å². The van der Waals surface area contributed by atoms with Gasteiger partial charge in [0.05, 0.1) is 6.54 Å². The number of hydrogen-bond donors (Lipinski definition) is 2. The van der Waals surface area contributed by atoms with Crippen LogP contribution in [0.1, 0.15) is 29.8 Å². The number of halogens is 1. The van der Waals surface area contributed by atoms with E-state index in [1.165, 1.54) is 0 Å². The molecule has 3 N–H and O–H groups in total. The number of guanidine groups is 1. The quantitative estimate of drug-likeness (QED) is 0.458. The second-order valence-electron chi connectivity index (χ2n) is 4.12. The van der Waals surface area contributed by atoms with Crippen molar-refractivity contribution in [3.63, 3.8) is 0 Å². The largest absolute Gasteiger partial charge is 0.370 e. The van der Waals surface area contributed by atoms with Crippen LogP contribution in [0.4, 0.5) is 0 Å². The molecule has 0 heterocycles. The van der Waals surface area contributed by atoms with E-state index in [9.17, 15) is 4.79 Å². The molecule has 5 nitrogen and oxygen atoms in total. The zero-order valence-electron chi connectivity index (χ0n) is 12.2. The van der Waals surface area contributed by atoms with Gasteiger partial charge in [-0.2, -0.15) is 0 Å². The van der Waals surface area contributed by atoms with Crippen molar-refractivity contribution < 1.29 is 4.79 Å². The normalized spacial score (nSPS) is 10.7. The summed E-state index contributed by atoms with van der Waals surface area (Å²) in [5, 5.41) is 2.59. The average Bonchev–Trinajstić information content (AvgIpc) is 2.46. The Kier molecular flexibility index (Phi) is 8.94. The van der Waals surface area contributed by atoms with Crippen LogP contribution >= 0.6 is 24.0 Å². The minimum absolute atomic E-state index is 0. The summed E-state index contributed by atoms with van der Waals surface area (Å²) in [5.74, 6) is 0.470. The van der Waals surface area contributed by atoms with Gasteiger partial charge in [0.2, 0.25) is 0 Å². The Morgan fingerprint density at radius 2 is 1.80 bits per heavy atom. The second kappa shape index (κ2) is 9.57. The molecule has 0 atom stereocenters. The van der Waals surface area contributed by atoms with E-state index < -0.39 is 0 Å². The maximum Gasteiger partial charge on any atom is 0.251 e. The molecule has 0 aliphatic rings. The Labute approximate surface area is 137 Å². The lowest BCUT2D eigenvalue weighted by Gasteiger charge is -2.19. The van der Waals surface area contributed by atoms with E-state index in [1.807, 2.05) is 30.9 Å². The van der Waals surface area contributed by atoms with Gasteiger partial charge in [0.25, 0.3) is 5.91 Å². The molecule has 1 rings (SSSR count). The summed E-state index contributed by atoms with van der Waals surface area (Å²) in [7, 11) is 1.62. The lowest BCUT2D eigenvalue weighted by atomic mass is 10.1. The smallest absolute Gasteiger partial charge is 0.251 e. The molecule has 0 aliphatic carbocycles. The van der Waals surface area contributed by atoms with Gasteiger partial charge in [0.15, 0.2) is 5.96 Å². The van der Waals surface area contributed by atoms with E-state index >= 15 is 0 Å². The molecule has 6 heteroatoms. The van der Waals surface area contributed by atoms with E-state index in [0.717, 1.165) is 18.7 Å². The summed E-state index contributed by atoms with van der Waals surface area (Å²) in [6.45, 7) is 6.31. The van der Waals surface area contributed by atoms with Crippen molar-refractivity contribution in [2.45, 2.75) is 20.4 Å². The van der Waals surface area contributed by atoms with Crippen LogP contribution in [-0.2, 0) is 6.54 Å². The third-order valence-electron chi connectivity index (χ3n) is 2.95. The van der Waals surface area contributed by atoms with Crippen LogP contribution in [0.2, 0.25) is 0 Å². The van der Waals surface area contributed by atoms with Crippen LogP contribution in [0.3, 0.4) is 0 Å². The first-order valence-corrected chi connectivity index (χ1v) is 6.48. The standard InChI is InChI=1S/C14H22N4O.HI/c1-4-18(5-2)14(15)17-10-11-6-8-12(9-7-11)13(19)16-3;/h6-9H,4-5,10H2,1-3H3,(H2,15,17)(H,16,19);1H. The van der Waals surface area contributed by atoms with Crippen LogP contribution in [0.25, 0.3) is 0 Å². The van der Waals surface area contributed by atoms with Crippen molar-refractivity contribution >= 4 is 35.8 Å². The topological polar surface area (TPSA) is 70.7 Å². The molecular weight excluding hydrogens is 367 g/mol. The van der Waals surface area contributed by atoms with Crippen molar-refractivity contribution in [2.75, 3.05) is 20.1 Å². The summed E-state index contributed by atoms with van der Waals surface area (Å²) >= 11 is 0. The van der Waals surface area contributed by atoms with Crippen molar-refractivity contribution in [1.82, 2.24) is 10.2 Å². The number of aliphatic imine (C=N–C) groups is 1. The highest BCUT2D eigenvalue weighted by Crippen LogP contribution is 2.06. The fourth-order valence-electron chi connectivity index (χ4n) is 1.73. The average molecular weight is 390 g/mol. The van der Waals surface area contributed by atoms with Crippen LogP contribution < -0.4 is 11.1 Å². The molecule has 1 amide bonds. The first-order chi connectivity index (χ1) is 9.12. The van der Waals surface area contributed by atoms with Gasteiger partial charge in [-0.3, -0.25) is 4.79 Å². The summed E-state index contributed by atoms with van der Waals surface area (Å²) in [4.78, 5) is 17.7. The molecule has 0 aliphatic heterocycles. The molecule has 1 aromatic rings. The highest BCUT2D eigenvalue weighted by atomic mass is 127. The summed E-state index contributed by atoms with van der Waals surface area (Å²) in [6.07, 6.45) is 0. The first kappa shape index (κ1) is 18.7. The number of nitrogens with one attached hydrogen (secondary N) is 1. The van der Waals surface area contributed by atoms with Gasteiger partial charge in [0, 0.05) is 25.7 Å². The number of benzene rings is 1. The van der Waals surface area contributed by atoms with Crippen molar-refractivity contribution in [2.24, 2.45) is 10.7 Å². The number of nitrogens with zero attached hydrogens (tertiary/aromatic N) is 2. The van der Waals surface area contributed by atoms with Gasteiger partial charge in [-0.1, -0.05) is 12.1 Å². The van der Waals surface area contributed by atoms with Gasteiger partial charge < -0.3 is 16.0 Å². The lowest BCUT2D eigenvalue weighted by molar-refractivity contribution is 0.0963. The Balaban J connectivity index is 0.00000361. The molecule has 0 saturated carbocycles. The molecule has 0 unspecified atom stereocenters. The van der Waals surface area contributed by atoms with Crippen molar-refractivity contribution in [3.8, 4) is 0 Å². The van der Waals surface area contributed by atoms with E-state index in [4.69, 9.17) is 5.73 Å².